The van der Waals surface area contributed by atoms with E-state index in [1.54, 1.807) is 0 Å². The highest BCUT2D eigenvalue weighted by Crippen LogP contribution is 2.18. The fourth-order valence-electron chi connectivity index (χ4n) is 1.97. The topological polar surface area (TPSA) is 64.6 Å². The van der Waals surface area contributed by atoms with E-state index < -0.39 is 17.5 Å². The molecule has 5 nitrogen and oxygen atoms in total. The van der Waals surface area contributed by atoms with Crippen molar-refractivity contribution >= 4 is 12.4 Å². The van der Waals surface area contributed by atoms with E-state index in [0.717, 1.165) is 31.7 Å². The van der Waals surface area contributed by atoms with Crippen molar-refractivity contribution in [3.05, 3.63) is 29.6 Å². The summed E-state index contributed by atoms with van der Waals surface area (Å²) in [6.45, 7) is 6.44. The fourth-order valence-corrected chi connectivity index (χ4v) is 1.97. The van der Waals surface area contributed by atoms with E-state index in [4.69, 9.17) is 9.47 Å². The van der Waals surface area contributed by atoms with Gasteiger partial charge >= 0.3 is 6.09 Å². The molecule has 24 heavy (non-hydrogen) atoms. The molecule has 0 aliphatic heterocycles. The van der Waals surface area contributed by atoms with Crippen LogP contribution in [0.25, 0.3) is 0 Å². The Bertz CT molecular complexity index is 540. The van der Waals surface area contributed by atoms with E-state index in [2.05, 4.69) is 5.32 Å². The molecule has 0 aromatic heterocycles. The lowest BCUT2D eigenvalue weighted by Crippen LogP contribution is -2.32. The predicted molar refractivity (Wildman–Crippen MR) is 90.0 cm³/mol. The Morgan fingerprint density at radius 2 is 1.92 bits per heavy atom. The van der Waals surface area contributed by atoms with Crippen molar-refractivity contribution in [3.8, 4) is 5.75 Å². The van der Waals surface area contributed by atoms with Crippen LogP contribution < -0.4 is 10.1 Å². The van der Waals surface area contributed by atoms with Gasteiger partial charge in [-0.25, -0.2) is 9.18 Å². The van der Waals surface area contributed by atoms with Crippen LogP contribution in [0.2, 0.25) is 0 Å². The van der Waals surface area contributed by atoms with Crippen LogP contribution in [-0.2, 0) is 4.74 Å². The second kappa shape index (κ2) is 9.90. The fraction of sp³-hybridized carbons (Fsp3) is 0.556. The highest BCUT2D eigenvalue weighted by atomic mass is 19.1. The summed E-state index contributed by atoms with van der Waals surface area (Å²) < 4.78 is 24.1. The van der Waals surface area contributed by atoms with E-state index in [-0.39, 0.29) is 11.3 Å². The van der Waals surface area contributed by atoms with Crippen molar-refractivity contribution in [3.63, 3.8) is 0 Å². The van der Waals surface area contributed by atoms with Crippen molar-refractivity contribution < 1.29 is 23.5 Å². The van der Waals surface area contributed by atoms with Gasteiger partial charge in [0.1, 0.15) is 11.9 Å². The minimum Gasteiger partial charge on any atom is -0.491 e. The number of hydrogen-bond acceptors (Lipinski definition) is 4. The highest BCUT2D eigenvalue weighted by molar-refractivity contribution is 5.74. The van der Waals surface area contributed by atoms with Gasteiger partial charge in [0.2, 0.25) is 0 Å². The molecule has 0 unspecified atom stereocenters. The van der Waals surface area contributed by atoms with Crippen molar-refractivity contribution in [2.24, 2.45) is 0 Å². The third-order valence-corrected chi connectivity index (χ3v) is 3.09. The molecule has 0 saturated carbocycles. The van der Waals surface area contributed by atoms with Crippen LogP contribution in [0.4, 0.5) is 9.18 Å². The Hall–Kier alpha value is -2.11. The predicted octanol–water partition coefficient (Wildman–Crippen LogP) is 4.10. The molecule has 1 amide bonds. The first-order valence-corrected chi connectivity index (χ1v) is 8.16. The number of alkyl carbamates (subject to hydrolysis) is 1. The molecule has 0 bridgehead atoms. The Balaban J connectivity index is 2.07. The number of benzene rings is 1. The molecule has 0 spiro atoms. The molecule has 6 heteroatoms. The Morgan fingerprint density at radius 1 is 1.21 bits per heavy atom. The quantitative estimate of drug-likeness (QED) is 0.543. The molecule has 1 aromatic rings. The minimum absolute atomic E-state index is 0.159. The number of carbonyl (C=O) groups is 2. The van der Waals surface area contributed by atoms with Crippen LogP contribution in [0, 0.1) is 5.82 Å². The van der Waals surface area contributed by atoms with E-state index in [1.165, 1.54) is 12.1 Å². The van der Waals surface area contributed by atoms with Crippen molar-refractivity contribution in [1.82, 2.24) is 5.32 Å². The monoisotopic (exact) mass is 339 g/mol. The van der Waals surface area contributed by atoms with Gasteiger partial charge in [0, 0.05) is 12.1 Å². The zero-order valence-corrected chi connectivity index (χ0v) is 14.6. The van der Waals surface area contributed by atoms with E-state index >= 15 is 0 Å². The normalized spacial score (nSPS) is 11.0. The maximum absolute atomic E-state index is 13.6. The van der Waals surface area contributed by atoms with Crippen molar-refractivity contribution in [2.45, 2.75) is 52.1 Å². The largest absolute Gasteiger partial charge is 0.491 e. The van der Waals surface area contributed by atoms with Crippen LogP contribution in [0.3, 0.4) is 0 Å². The minimum atomic E-state index is -0.527. The summed E-state index contributed by atoms with van der Waals surface area (Å²) in [5.41, 5.74) is -0.196. The lowest BCUT2D eigenvalue weighted by atomic mass is 10.2. The van der Waals surface area contributed by atoms with Gasteiger partial charge in [-0.05, 0) is 51.8 Å². The molecule has 1 aromatic carbocycles. The number of aldehydes is 1. The number of halogens is 1. The first-order valence-electron chi connectivity index (χ1n) is 8.16. The summed E-state index contributed by atoms with van der Waals surface area (Å²) in [7, 11) is 0. The maximum atomic E-state index is 13.6. The Kier molecular flexibility index (Phi) is 8.22. The van der Waals surface area contributed by atoms with Crippen molar-refractivity contribution in [2.75, 3.05) is 13.2 Å². The average Bonchev–Trinajstić information content (AvgIpc) is 2.49. The number of rotatable bonds is 9. The first-order chi connectivity index (χ1) is 11.3. The van der Waals surface area contributed by atoms with Crippen molar-refractivity contribution in [1.29, 1.82) is 0 Å². The number of amides is 1. The van der Waals surface area contributed by atoms with Crippen LogP contribution in [0.5, 0.6) is 5.75 Å². The molecule has 134 valence electrons. The van der Waals surface area contributed by atoms with Gasteiger partial charge < -0.3 is 14.8 Å². The van der Waals surface area contributed by atoms with Gasteiger partial charge in [-0.15, -0.1) is 0 Å². The Labute approximate surface area is 142 Å². The Morgan fingerprint density at radius 3 is 2.54 bits per heavy atom. The van der Waals surface area contributed by atoms with E-state index in [9.17, 15) is 14.0 Å². The SMILES string of the molecule is CC(C)(C)OC(=O)NCCCCCCOc1ccc(C=O)cc1F. The van der Waals surface area contributed by atoms with E-state index in [1.807, 2.05) is 20.8 Å². The smallest absolute Gasteiger partial charge is 0.407 e. The summed E-state index contributed by atoms with van der Waals surface area (Å²) in [5.74, 6) is -0.367. The zero-order valence-electron chi connectivity index (χ0n) is 14.6. The molecule has 0 fully saturated rings. The molecule has 0 radical (unpaired) electrons. The molecule has 0 aliphatic rings. The molecule has 0 heterocycles. The maximum Gasteiger partial charge on any atom is 0.407 e. The van der Waals surface area contributed by atoms with Crippen LogP contribution >= 0.6 is 0 Å². The summed E-state index contributed by atoms with van der Waals surface area (Å²) in [4.78, 5) is 21.9. The van der Waals surface area contributed by atoms with Gasteiger partial charge in [-0.2, -0.15) is 0 Å². The molecule has 1 N–H and O–H groups in total. The van der Waals surface area contributed by atoms with E-state index in [0.29, 0.717) is 19.4 Å². The van der Waals surface area contributed by atoms with Gasteiger partial charge in [-0.3, -0.25) is 4.79 Å². The molecule has 1 rings (SSSR count). The van der Waals surface area contributed by atoms with Gasteiger partial charge in [0.25, 0.3) is 0 Å². The first kappa shape index (κ1) is 19.9. The zero-order chi connectivity index (χ0) is 18.0. The summed E-state index contributed by atoms with van der Waals surface area (Å²) in [5, 5.41) is 2.70. The number of unbranched alkanes of at least 4 members (excludes halogenated alkanes) is 3. The van der Waals surface area contributed by atoms with Gasteiger partial charge in [0.15, 0.2) is 11.6 Å². The summed E-state index contributed by atoms with van der Waals surface area (Å²) in [6.07, 6.45) is 3.69. The third kappa shape index (κ3) is 8.50. The molecular formula is C18H26FNO4. The number of hydrogen-bond donors (Lipinski definition) is 1. The molecule has 0 atom stereocenters. The molecule has 0 saturated heterocycles. The van der Waals surface area contributed by atoms with Crippen LogP contribution in [0.1, 0.15) is 56.8 Å². The number of carbonyl (C=O) groups excluding carboxylic acids is 2. The van der Waals surface area contributed by atoms with Gasteiger partial charge in [-0.1, -0.05) is 12.8 Å². The molecule has 0 aliphatic carbocycles. The summed E-state index contributed by atoms with van der Waals surface area (Å²) in [6, 6.07) is 4.14. The molecular weight excluding hydrogens is 313 g/mol. The second-order valence-corrected chi connectivity index (χ2v) is 6.50. The third-order valence-electron chi connectivity index (χ3n) is 3.09. The number of nitrogens with one attached hydrogen (secondary N) is 1. The highest BCUT2D eigenvalue weighted by Gasteiger charge is 2.15. The average molecular weight is 339 g/mol. The second-order valence-electron chi connectivity index (χ2n) is 6.50. The standard InChI is InChI=1S/C18H26FNO4/c1-18(2,3)24-17(22)20-10-6-4-5-7-11-23-16-9-8-14(13-21)12-15(16)19/h8-9,12-13H,4-7,10-11H2,1-3H3,(H,20,22). The van der Waals surface area contributed by atoms with Crippen LogP contribution in [0.15, 0.2) is 18.2 Å². The van der Waals surface area contributed by atoms with Gasteiger partial charge in [0.05, 0.1) is 6.61 Å². The summed E-state index contributed by atoms with van der Waals surface area (Å²) >= 11 is 0. The number of ether oxygens (including phenoxy) is 2. The van der Waals surface area contributed by atoms with Crippen LogP contribution in [-0.4, -0.2) is 31.1 Å². The lowest BCUT2D eigenvalue weighted by Gasteiger charge is -2.19. The lowest BCUT2D eigenvalue weighted by molar-refractivity contribution is 0.0526.